The maximum atomic E-state index is 14.8. The zero-order chi connectivity index (χ0) is 26.9. The fraction of sp³-hybridized carbons (Fsp3) is 0.552. The number of esters is 1. The van der Waals surface area contributed by atoms with Crippen molar-refractivity contribution in [1.82, 2.24) is 9.88 Å². The number of anilines is 3. The van der Waals surface area contributed by atoms with Crippen molar-refractivity contribution in [3.8, 4) is 0 Å². The van der Waals surface area contributed by atoms with E-state index in [9.17, 15) is 9.18 Å². The maximum absolute atomic E-state index is 14.8. The fourth-order valence-electron chi connectivity index (χ4n) is 4.91. The second-order valence-electron chi connectivity index (χ2n) is 9.88. The lowest BCUT2D eigenvalue weighted by Gasteiger charge is -2.38. The number of carbonyl (C=O) groups is 1. The van der Waals surface area contributed by atoms with Crippen LogP contribution in [0.1, 0.15) is 62.0 Å². The molecule has 2 heterocycles. The molecule has 0 amide bonds. The minimum atomic E-state index is -0.863. The van der Waals surface area contributed by atoms with Gasteiger partial charge < -0.3 is 25.3 Å². The molecule has 2 aromatic rings. The predicted octanol–water partition coefficient (Wildman–Crippen LogP) is 5.92. The van der Waals surface area contributed by atoms with Crippen LogP contribution in [0.15, 0.2) is 36.4 Å². The molecule has 1 saturated carbocycles. The van der Waals surface area contributed by atoms with Crippen LogP contribution in [0.3, 0.4) is 0 Å². The zero-order valence-corrected chi connectivity index (χ0v) is 22.9. The predicted molar refractivity (Wildman–Crippen MR) is 149 cm³/mol. The summed E-state index contributed by atoms with van der Waals surface area (Å²) in [6, 6.07) is 11.4. The van der Waals surface area contributed by atoms with Gasteiger partial charge in [-0.3, -0.25) is 0 Å². The third kappa shape index (κ3) is 7.06. The molecule has 2 N–H and O–H groups in total. The number of halogens is 1. The fourth-order valence-corrected chi connectivity index (χ4v) is 4.91. The van der Waals surface area contributed by atoms with Gasteiger partial charge in [0.1, 0.15) is 12.0 Å². The highest BCUT2D eigenvalue weighted by Crippen LogP contribution is 2.39. The normalized spacial score (nSPS) is 16.9. The molecular weight excluding hydrogens is 469 g/mol. The van der Waals surface area contributed by atoms with Crippen molar-refractivity contribution >= 4 is 28.9 Å². The highest BCUT2D eigenvalue weighted by Gasteiger charge is 2.33. The standard InChI is InChI=1S/C27H36FN5O2.C2H6/c1-32(2)17-21(28)18-12-14-33(15-13-18)23-16-22(27(34)35-3)31-26(30-20-10-5-4-6-11-20)24(23)25(29)19-8-7-9-19;1-2/h4-6,10-11,16,18-19,21,29H,7-9,12-15,17H2,1-3H3,(H,30,31);1-2H3/t21-;/m1./s1. The number of pyridine rings is 1. The molecule has 0 radical (unpaired) electrons. The molecule has 1 aliphatic heterocycles. The minimum absolute atomic E-state index is 0.00649. The average Bonchev–Trinajstić information content (AvgIpc) is 2.88. The summed E-state index contributed by atoms with van der Waals surface area (Å²) < 4.78 is 19.8. The number of hydrogen-bond acceptors (Lipinski definition) is 7. The first-order chi connectivity index (χ1) is 17.9. The Hall–Kier alpha value is -3.00. The number of carbonyl (C=O) groups excluding carboxylic acids is 1. The topological polar surface area (TPSA) is 81.5 Å². The van der Waals surface area contributed by atoms with Gasteiger partial charge in [0.15, 0.2) is 5.69 Å². The average molecular weight is 512 g/mol. The summed E-state index contributed by atoms with van der Waals surface area (Å²) in [5.41, 5.74) is 3.11. The molecule has 0 bridgehead atoms. The summed E-state index contributed by atoms with van der Waals surface area (Å²) in [5.74, 6) is 0.161. The smallest absolute Gasteiger partial charge is 0.356 e. The number of methoxy groups -OCH3 is 1. The SMILES string of the molecule is CC.COC(=O)c1cc(N2CCC([C@H](F)CN(C)C)CC2)c(C(=N)C2CCC2)c(Nc2ccccc2)n1. The molecule has 1 atom stereocenters. The molecule has 202 valence electrons. The number of rotatable bonds is 9. The van der Waals surface area contributed by atoms with E-state index in [1.807, 2.05) is 63.2 Å². The van der Waals surface area contributed by atoms with E-state index in [1.165, 1.54) is 7.11 Å². The Morgan fingerprint density at radius 3 is 2.38 bits per heavy atom. The van der Waals surface area contributed by atoms with Crippen LogP contribution in [0.4, 0.5) is 21.6 Å². The molecule has 37 heavy (non-hydrogen) atoms. The first kappa shape index (κ1) is 28.6. The van der Waals surface area contributed by atoms with E-state index in [4.69, 9.17) is 10.1 Å². The van der Waals surface area contributed by atoms with Gasteiger partial charge in [-0.1, -0.05) is 38.5 Å². The van der Waals surface area contributed by atoms with Crippen LogP contribution in [0, 0.1) is 17.2 Å². The third-order valence-corrected chi connectivity index (χ3v) is 7.14. The monoisotopic (exact) mass is 511 g/mol. The Balaban J connectivity index is 0.00000186. The molecular formula is C29H42FN5O2. The number of benzene rings is 1. The van der Waals surface area contributed by atoms with Gasteiger partial charge in [-0.25, -0.2) is 14.2 Å². The first-order valence-electron chi connectivity index (χ1n) is 13.4. The lowest BCUT2D eigenvalue weighted by molar-refractivity contribution is 0.0594. The van der Waals surface area contributed by atoms with E-state index in [0.717, 1.165) is 49.0 Å². The summed E-state index contributed by atoms with van der Waals surface area (Å²) in [7, 11) is 5.13. The summed E-state index contributed by atoms with van der Waals surface area (Å²) >= 11 is 0. The van der Waals surface area contributed by atoms with Crippen LogP contribution < -0.4 is 10.2 Å². The van der Waals surface area contributed by atoms with E-state index in [2.05, 4.69) is 15.2 Å². The van der Waals surface area contributed by atoms with E-state index in [1.54, 1.807) is 6.07 Å². The number of piperidine rings is 1. The minimum Gasteiger partial charge on any atom is -0.464 e. The molecule has 1 aromatic heterocycles. The van der Waals surface area contributed by atoms with Gasteiger partial charge in [0.25, 0.3) is 0 Å². The van der Waals surface area contributed by atoms with Crippen molar-refractivity contribution < 1.29 is 13.9 Å². The lowest BCUT2D eigenvalue weighted by Crippen LogP contribution is -2.40. The van der Waals surface area contributed by atoms with Gasteiger partial charge in [0.05, 0.1) is 18.4 Å². The quantitative estimate of drug-likeness (QED) is 0.321. The highest BCUT2D eigenvalue weighted by atomic mass is 19.1. The van der Waals surface area contributed by atoms with Gasteiger partial charge in [0, 0.05) is 37.0 Å². The largest absolute Gasteiger partial charge is 0.464 e. The molecule has 2 fully saturated rings. The van der Waals surface area contributed by atoms with Crippen molar-refractivity contribution in [3.63, 3.8) is 0 Å². The Kier molecular flexibility index (Phi) is 10.4. The Bertz CT molecular complexity index is 1030. The molecule has 8 heteroatoms. The molecule has 1 saturated heterocycles. The summed E-state index contributed by atoms with van der Waals surface area (Å²) in [6.07, 6.45) is 3.67. The van der Waals surface area contributed by atoms with E-state index in [0.29, 0.717) is 31.2 Å². The molecule has 7 nitrogen and oxygen atoms in total. The summed E-state index contributed by atoms with van der Waals surface area (Å²) in [4.78, 5) is 21.2. The molecule has 1 aliphatic carbocycles. The van der Waals surface area contributed by atoms with Crippen LogP contribution in [0.2, 0.25) is 0 Å². The van der Waals surface area contributed by atoms with E-state index >= 15 is 0 Å². The molecule has 0 unspecified atom stereocenters. The van der Waals surface area contributed by atoms with Crippen LogP contribution in [-0.4, -0.2) is 68.6 Å². The zero-order valence-electron chi connectivity index (χ0n) is 22.9. The number of alkyl halides is 1. The van der Waals surface area contributed by atoms with E-state index in [-0.39, 0.29) is 17.5 Å². The van der Waals surface area contributed by atoms with Crippen LogP contribution in [0.5, 0.6) is 0 Å². The number of para-hydroxylation sites is 1. The van der Waals surface area contributed by atoms with Gasteiger partial charge in [-0.15, -0.1) is 0 Å². The summed E-state index contributed by atoms with van der Waals surface area (Å²) in [5, 5.41) is 12.4. The summed E-state index contributed by atoms with van der Waals surface area (Å²) in [6.45, 7) is 5.76. The van der Waals surface area contributed by atoms with Gasteiger partial charge in [-0.2, -0.15) is 0 Å². The van der Waals surface area contributed by atoms with Crippen molar-refractivity contribution in [1.29, 1.82) is 5.41 Å². The van der Waals surface area contributed by atoms with Crippen LogP contribution >= 0.6 is 0 Å². The van der Waals surface area contributed by atoms with Crippen molar-refractivity contribution in [3.05, 3.63) is 47.7 Å². The van der Waals surface area contributed by atoms with Gasteiger partial charge in [0.2, 0.25) is 0 Å². The van der Waals surface area contributed by atoms with E-state index < -0.39 is 12.1 Å². The molecule has 2 aliphatic rings. The van der Waals surface area contributed by atoms with Gasteiger partial charge >= 0.3 is 5.97 Å². The van der Waals surface area contributed by atoms with Crippen molar-refractivity contribution in [2.75, 3.05) is 51.1 Å². The van der Waals surface area contributed by atoms with Crippen molar-refractivity contribution in [2.24, 2.45) is 11.8 Å². The number of hydrogen-bond donors (Lipinski definition) is 2. The van der Waals surface area contributed by atoms with Crippen LogP contribution in [0.25, 0.3) is 0 Å². The number of aromatic nitrogens is 1. The Morgan fingerprint density at radius 2 is 1.84 bits per heavy atom. The highest BCUT2D eigenvalue weighted by molar-refractivity contribution is 6.10. The third-order valence-electron chi connectivity index (χ3n) is 7.14. The Labute approximate surface area is 220 Å². The second kappa shape index (κ2) is 13.5. The van der Waals surface area contributed by atoms with Crippen molar-refractivity contribution in [2.45, 2.75) is 52.1 Å². The van der Waals surface area contributed by atoms with Gasteiger partial charge in [-0.05, 0) is 63.9 Å². The second-order valence-corrected chi connectivity index (χ2v) is 9.88. The van der Waals surface area contributed by atoms with Crippen LogP contribution in [-0.2, 0) is 4.74 Å². The number of nitrogens with zero attached hydrogens (tertiary/aromatic N) is 3. The Morgan fingerprint density at radius 1 is 1.19 bits per heavy atom. The number of ether oxygens (including phenoxy) is 1. The number of nitrogens with one attached hydrogen (secondary N) is 2. The molecule has 1 aromatic carbocycles. The molecule has 4 rings (SSSR count). The lowest BCUT2D eigenvalue weighted by atomic mass is 9.78. The first-order valence-corrected chi connectivity index (χ1v) is 13.4. The molecule has 0 spiro atoms. The maximum Gasteiger partial charge on any atom is 0.356 e.